The van der Waals surface area contributed by atoms with Gasteiger partial charge < -0.3 is 30.4 Å². The number of carbonyl (C=O) groups is 2. The average molecular weight is 404 g/mol. The molecular weight excluding hydrogens is 384 g/mol. The minimum Gasteiger partial charge on any atom is -0.493 e. The number of aromatic amines is 1. The number of urea groups is 1. The summed E-state index contributed by atoms with van der Waals surface area (Å²) in [4.78, 5) is 27.8. The fraction of sp³-hybridized carbons (Fsp3) is 0.0909. The molecule has 4 rings (SSSR count). The van der Waals surface area contributed by atoms with Crippen molar-refractivity contribution in [3.63, 3.8) is 0 Å². The highest BCUT2D eigenvalue weighted by atomic mass is 16.5. The zero-order valence-corrected chi connectivity index (χ0v) is 16.4. The molecule has 3 amide bonds. The molecule has 2 heterocycles. The second-order valence-corrected chi connectivity index (χ2v) is 6.55. The van der Waals surface area contributed by atoms with Crippen molar-refractivity contribution < 1.29 is 19.1 Å². The maximum absolute atomic E-state index is 12.4. The summed E-state index contributed by atoms with van der Waals surface area (Å²) in [6, 6.07) is 13.7. The molecule has 152 valence electrons. The van der Waals surface area contributed by atoms with Gasteiger partial charge in [-0.1, -0.05) is 6.07 Å². The topological polar surface area (TPSA) is 104 Å². The molecular formula is C22H20N4O4. The number of benzene rings is 2. The van der Waals surface area contributed by atoms with E-state index in [0.717, 1.165) is 11.3 Å². The average Bonchev–Trinajstić information content (AvgIpc) is 3.36. The first-order valence-corrected chi connectivity index (χ1v) is 9.18. The lowest BCUT2D eigenvalue weighted by Crippen LogP contribution is -2.19. The van der Waals surface area contributed by atoms with E-state index in [2.05, 4.69) is 20.9 Å². The Labute approximate surface area is 172 Å². The van der Waals surface area contributed by atoms with Crippen molar-refractivity contribution in [3.05, 3.63) is 66.0 Å². The van der Waals surface area contributed by atoms with Crippen LogP contribution in [0.2, 0.25) is 0 Å². The first-order valence-electron chi connectivity index (χ1n) is 9.18. The van der Waals surface area contributed by atoms with E-state index in [9.17, 15) is 9.59 Å². The third-order valence-corrected chi connectivity index (χ3v) is 4.62. The summed E-state index contributed by atoms with van der Waals surface area (Å²) < 4.78 is 10.4. The molecule has 0 unspecified atom stereocenters. The Hall–Kier alpha value is -4.20. The highest BCUT2D eigenvalue weighted by Gasteiger charge is 2.24. The molecule has 8 heteroatoms. The Morgan fingerprint density at radius 3 is 2.40 bits per heavy atom. The second kappa shape index (κ2) is 8.04. The number of amides is 3. The SMILES string of the molecule is COc1ccc(NC(=O)Nc2ccc3c(c2)NC(=O)/C3=C\c2ccc[nH]2)cc1OC. The van der Waals surface area contributed by atoms with Crippen LogP contribution in [-0.4, -0.2) is 31.1 Å². The van der Waals surface area contributed by atoms with Gasteiger partial charge in [-0.25, -0.2) is 4.79 Å². The molecule has 0 fully saturated rings. The van der Waals surface area contributed by atoms with E-state index < -0.39 is 6.03 Å². The molecule has 0 spiro atoms. The summed E-state index contributed by atoms with van der Waals surface area (Å²) in [7, 11) is 3.07. The number of carbonyl (C=O) groups excluding carboxylic acids is 2. The number of nitrogens with one attached hydrogen (secondary N) is 4. The van der Waals surface area contributed by atoms with Crippen LogP contribution in [0.5, 0.6) is 11.5 Å². The van der Waals surface area contributed by atoms with Gasteiger partial charge in [0.25, 0.3) is 5.91 Å². The zero-order chi connectivity index (χ0) is 21.1. The summed E-state index contributed by atoms with van der Waals surface area (Å²) in [5.41, 5.74) is 3.92. The Balaban J connectivity index is 1.48. The number of fused-ring (bicyclic) bond motifs is 1. The largest absolute Gasteiger partial charge is 0.493 e. The normalized spacial score (nSPS) is 13.5. The van der Waals surface area contributed by atoms with Crippen LogP contribution in [-0.2, 0) is 4.79 Å². The van der Waals surface area contributed by atoms with Crippen LogP contribution in [0.25, 0.3) is 11.6 Å². The number of methoxy groups -OCH3 is 2. The lowest BCUT2D eigenvalue weighted by Gasteiger charge is -2.12. The van der Waals surface area contributed by atoms with Crippen LogP contribution >= 0.6 is 0 Å². The minimum absolute atomic E-state index is 0.188. The van der Waals surface area contributed by atoms with Gasteiger partial charge >= 0.3 is 6.03 Å². The van der Waals surface area contributed by atoms with Gasteiger partial charge in [-0.3, -0.25) is 4.79 Å². The van der Waals surface area contributed by atoms with Crippen molar-refractivity contribution in [2.45, 2.75) is 0 Å². The molecule has 0 atom stereocenters. The monoisotopic (exact) mass is 404 g/mol. The number of H-pyrrole nitrogens is 1. The van der Waals surface area contributed by atoms with Gasteiger partial charge in [0.1, 0.15) is 0 Å². The number of ether oxygens (including phenoxy) is 2. The molecule has 0 radical (unpaired) electrons. The second-order valence-electron chi connectivity index (χ2n) is 6.55. The van der Waals surface area contributed by atoms with Gasteiger partial charge in [0.2, 0.25) is 0 Å². The van der Waals surface area contributed by atoms with Gasteiger partial charge in [0.15, 0.2) is 11.5 Å². The first kappa shape index (κ1) is 19.1. The summed E-state index contributed by atoms with van der Waals surface area (Å²) >= 11 is 0. The summed E-state index contributed by atoms with van der Waals surface area (Å²) in [6.07, 6.45) is 3.59. The molecule has 8 nitrogen and oxygen atoms in total. The Morgan fingerprint density at radius 2 is 1.70 bits per heavy atom. The lowest BCUT2D eigenvalue weighted by molar-refractivity contribution is -0.110. The van der Waals surface area contributed by atoms with E-state index in [1.165, 1.54) is 7.11 Å². The summed E-state index contributed by atoms with van der Waals surface area (Å²) in [6.45, 7) is 0. The van der Waals surface area contributed by atoms with Crippen LogP contribution in [0.3, 0.4) is 0 Å². The number of hydrogen-bond acceptors (Lipinski definition) is 4. The molecule has 2 aromatic carbocycles. The maximum Gasteiger partial charge on any atom is 0.323 e. The van der Waals surface area contributed by atoms with E-state index in [4.69, 9.17) is 9.47 Å². The molecule has 30 heavy (non-hydrogen) atoms. The molecule has 1 aromatic heterocycles. The fourth-order valence-electron chi connectivity index (χ4n) is 3.21. The number of hydrogen-bond donors (Lipinski definition) is 4. The highest BCUT2D eigenvalue weighted by molar-refractivity contribution is 6.35. The molecule has 1 aliphatic heterocycles. The van der Waals surface area contributed by atoms with Gasteiger partial charge in [0, 0.05) is 34.9 Å². The molecule has 0 aliphatic carbocycles. The van der Waals surface area contributed by atoms with Gasteiger partial charge in [0.05, 0.1) is 25.5 Å². The van der Waals surface area contributed by atoms with Crippen LogP contribution in [0.4, 0.5) is 21.9 Å². The smallest absolute Gasteiger partial charge is 0.323 e. The molecule has 4 N–H and O–H groups in total. The zero-order valence-electron chi connectivity index (χ0n) is 16.4. The molecule has 0 bridgehead atoms. The van der Waals surface area contributed by atoms with Crippen LogP contribution < -0.4 is 25.4 Å². The van der Waals surface area contributed by atoms with Gasteiger partial charge in [-0.05, 0) is 42.5 Å². The summed E-state index contributed by atoms with van der Waals surface area (Å²) in [5, 5.41) is 8.33. The van der Waals surface area contributed by atoms with Crippen LogP contribution in [0.15, 0.2) is 54.7 Å². The molecule has 0 saturated carbocycles. The standard InChI is InChI=1S/C22H20N4O4/c1-29-19-8-6-15(12-20(19)30-2)25-22(28)24-14-5-7-16-17(10-13-4-3-9-23-13)21(27)26-18(16)11-14/h3-12,23H,1-2H3,(H,26,27)(H2,24,25,28)/b17-10-. The molecule has 3 aromatic rings. The van der Waals surface area contributed by atoms with Crippen molar-refractivity contribution in [3.8, 4) is 11.5 Å². The minimum atomic E-state index is -0.423. The third kappa shape index (κ3) is 3.83. The first-order chi connectivity index (χ1) is 14.6. The Bertz CT molecular complexity index is 1140. The lowest BCUT2D eigenvalue weighted by atomic mass is 10.1. The van der Waals surface area contributed by atoms with Gasteiger partial charge in [-0.15, -0.1) is 0 Å². The summed E-state index contributed by atoms with van der Waals surface area (Å²) in [5.74, 6) is 0.893. The highest BCUT2D eigenvalue weighted by Crippen LogP contribution is 2.35. The molecule has 0 saturated heterocycles. The van der Waals surface area contributed by atoms with Crippen molar-refractivity contribution in [1.82, 2.24) is 4.98 Å². The molecule has 1 aliphatic rings. The van der Waals surface area contributed by atoms with Crippen molar-refractivity contribution in [2.24, 2.45) is 0 Å². The predicted molar refractivity (Wildman–Crippen MR) is 116 cm³/mol. The number of anilines is 3. The van der Waals surface area contributed by atoms with Crippen LogP contribution in [0.1, 0.15) is 11.3 Å². The van der Waals surface area contributed by atoms with E-state index in [1.807, 2.05) is 12.1 Å². The predicted octanol–water partition coefficient (Wildman–Crippen LogP) is 4.17. The van der Waals surface area contributed by atoms with Crippen molar-refractivity contribution >= 4 is 40.6 Å². The van der Waals surface area contributed by atoms with E-state index in [1.54, 1.807) is 55.8 Å². The van der Waals surface area contributed by atoms with Crippen LogP contribution in [0, 0.1) is 0 Å². The quantitative estimate of drug-likeness (QED) is 0.479. The maximum atomic E-state index is 12.4. The fourth-order valence-corrected chi connectivity index (χ4v) is 3.21. The Morgan fingerprint density at radius 1 is 0.967 bits per heavy atom. The Kier molecular flexibility index (Phi) is 5.13. The van der Waals surface area contributed by atoms with E-state index in [0.29, 0.717) is 34.1 Å². The van der Waals surface area contributed by atoms with E-state index in [-0.39, 0.29) is 5.91 Å². The van der Waals surface area contributed by atoms with E-state index >= 15 is 0 Å². The number of rotatable bonds is 5. The third-order valence-electron chi connectivity index (χ3n) is 4.62. The number of aromatic nitrogens is 1. The van der Waals surface area contributed by atoms with Crippen molar-refractivity contribution in [1.29, 1.82) is 0 Å². The van der Waals surface area contributed by atoms with Gasteiger partial charge in [-0.2, -0.15) is 0 Å². The van der Waals surface area contributed by atoms with Crippen molar-refractivity contribution in [2.75, 3.05) is 30.2 Å².